The Hall–Kier alpha value is -2.93. The first kappa shape index (κ1) is 19.4. The normalized spacial score (nSPS) is 22.7. The van der Waals surface area contributed by atoms with Gasteiger partial charge >= 0.3 is 0 Å². The van der Waals surface area contributed by atoms with Crippen molar-refractivity contribution in [2.45, 2.75) is 19.1 Å². The molecule has 2 aromatic rings. The molecule has 2 fully saturated rings. The Bertz CT molecular complexity index is 881. The first-order valence-corrected chi connectivity index (χ1v) is 9.94. The maximum atomic E-state index is 13.4. The third-order valence-corrected chi connectivity index (χ3v) is 5.80. The summed E-state index contributed by atoms with van der Waals surface area (Å²) in [7, 11) is 1.75. The van der Waals surface area contributed by atoms with E-state index in [0.717, 1.165) is 30.0 Å². The summed E-state index contributed by atoms with van der Waals surface area (Å²) >= 11 is 0. The Balaban J connectivity index is 1.51. The highest BCUT2D eigenvalue weighted by Gasteiger charge is 2.42. The fourth-order valence-electron chi connectivity index (χ4n) is 4.09. The molecule has 2 aliphatic rings. The summed E-state index contributed by atoms with van der Waals surface area (Å²) in [4.78, 5) is 35.7. The molecule has 1 aromatic carbocycles. The number of likely N-dealkylation sites (N-methyl/N-ethyl adjacent to an activating group) is 1. The summed E-state index contributed by atoms with van der Waals surface area (Å²) in [5, 5.41) is 0. The number of ether oxygens (including phenoxy) is 1. The molecular formula is C22H26N4O3. The summed E-state index contributed by atoms with van der Waals surface area (Å²) in [5.74, 6) is 0.761. The first-order valence-electron chi connectivity index (χ1n) is 9.94. The van der Waals surface area contributed by atoms with Gasteiger partial charge < -0.3 is 19.4 Å². The number of rotatable bonds is 3. The fourth-order valence-corrected chi connectivity index (χ4v) is 4.09. The number of benzene rings is 1. The van der Waals surface area contributed by atoms with Gasteiger partial charge in [0.05, 0.1) is 6.04 Å². The van der Waals surface area contributed by atoms with E-state index in [1.807, 2.05) is 54.3 Å². The number of anilines is 1. The lowest BCUT2D eigenvalue weighted by atomic mass is 9.93. The number of aryl methyl sites for hydroxylation is 1. The molecule has 7 heteroatoms. The molecule has 0 bridgehead atoms. The average Bonchev–Trinajstić information content (AvgIpc) is 2.76. The Morgan fingerprint density at radius 1 is 1.07 bits per heavy atom. The minimum absolute atomic E-state index is 0.0572. The van der Waals surface area contributed by atoms with Crippen molar-refractivity contribution in [2.75, 3.05) is 44.7 Å². The lowest BCUT2D eigenvalue weighted by molar-refractivity contribution is -0.167. The van der Waals surface area contributed by atoms with E-state index >= 15 is 0 Å². The van der Waals surface area contributed by atoms with Crippen molar-refractivity contribution in [3.05, 3.63) is 59.8 Å². The molecule has 7 nitrogen and oxygen atoms in total. The Labute approximate surface area is 170 Å². The maximum Gasteiger partial charge on any atom is 0.254 e. The third kappa shape index (κ3) is 3.82. The number of pyridine rings is 1. The monoisotopic (exact) mass is 394 g/mol. The van der Waals surface area contributed by atoms with Crippen molar-refractivity contribution in [1.29, 1.82) is 0 Å². The topological polar surface area (TPSA) is 66.0 Å². The predicted molar refractivity (Wildman–Crippen MR) is 109 cm³/mol. The minimum Gasteiger partial charge on any atom is -0.356 e. The smallest absolute Gasteiger partial charge is 0.254 e. The van der Waals surface area contributed by atoms with Crippen LogP contribution in [0.15, 0.2) is 48.7 Å². The molecule has 3 heterocycles. The van der Waals surface area contributed by atoms with Crippen LogP contribution in [-0.2, 0) is 14.3 Å². The van der Waals surface area contributed by atoms with Crippen LogP contribution in [0, 0.1) is 6.92 Å². The molecule has 0 unspecified atom stereocenters. The van der Waals surface area contributed by atoms with Crippen molar-refractivity contribution in [1.82, 2.24) is 14.8 Å². The van der Waals surface area contributed by atoms with E-state index in [2.05, 4.69) is 9.88 Å². The standard InChI is InChI=1S/C22H26N4O3/c1-16-7-3-4-8-17(16)20-21(29-15-19(27)24(20)2)22(28)26-13-11-25(12-14-26)18-9-5-6-10-23-18/h3-10,20-21H,11-15H2,1-2H3/t20-,21+/m1/s1. The number of carbonyl (C=O) groups excluding carboxylic acids is 2. The SMILES string of the molecule is Cc1ccccc1[C@@H]1[C@@H](C(=O)N2CCN(c3ccccn3)CC2)OCC(=O)N1C. The summed E-state index contributed by atoms with van der Waals surface area (Å²) in [5.41, 5.74) is 1.99. The molecule has 0 spiro atoms. The zero-order chi connectivity index (χ0) is 20.4. The van der Waals surface area contributed by atoms with Gasteiger partial charge in [-0.25, -0.2) is 4.98 Å². The lowest BCUT2D eigenvalue weighted by Crippen LogP contribution is -2.57. The third-order valence-electron chi connectivity index (χ3n) is 5.80. The molecule has 29 heavy (non-hydrogen) atoms. The summed E-state index contributed by atoms with van der Waals surface area (Å²) in [6.45, 7) is 4.58. The van der Waals surface area contributed by atoms with Gasteiger partial charge in [-0.05, 0) is 30.2 Å². The second-order valence-corrected chi connectivity index (χ2v) is 7.54. The van der Waals surface area contributed by atoms with Crippen molar-refractivity contribution >= 4 is 17.6 Å². The van der Waals surface area contributed by atoms with Gasteiger partial charge in [0.15, 0.2) is 6.10 Å². The van der Waals surface area contributed by atoms with Crippen molar-refractivity contribution in [3.8, 4) is 0 Å². The second kappa shape index (κ2) is 8.21. The number of morpholine rings is 1. The molecule has 4 rings (SSSR count). The predicted octanol–water partition coefficient (Wildman–Crippen LogP) is 1.64. The van der Waals surface area contributed by atoms with Gasteiger partial charge in [-0.15, -0.1) is 0 Å². The Kier molecular flexibility index (Phi) is 5.49. The molecule has 1 aromatic heterocycles. The van der Waals surface area contributed by atoms with Gasteiger partial charge in [0.1, 0.15) is 12.4 Å². The Morgan fingerprint density at radius 2 is 1.79 bits per heavy atom. The van der Waals surface area contributed by atoms with Gasteiger partial charge in [0, 0.05) is 39.4 Å². The highest BCUT2D eigenvalue weighted by Crippen LogP contribution is 2.32. The average molecular weight is 394 g/mol. The van der Waals surface area contributed by atoms with Gasteiger partial charge in [-0.3, -0.25) is 9.59 Å². The number of hydrogen-bond acceptors (Lipinski definition) is 5. The highest BCUT2D eigenvalue weighted by molar-refractivity contribution is 5.86. The van der Waals surface area contributed by atoms with Crippen LogP contribution in [0.3, 0.4) is 0 Å². The fraction of sp³-hybridized carbons (Fsp3) is 0.409. The van der Waals surface area contributed by atoms with Crippen LogP contribution in [0.25, 0.3) is 0 Å². The molecule has 2 atom stereocenters. The van der Waals surface area contributed by atoms with E-state index in [0.29, 0.717) is 13.1 Å². The number of hydrogen-bond donors (Lipinski definition) is 0. The zero-order valence-electron chi connectivity index (χ0n) is 16.8. The van der Waals surface area contributed by atoms with Crippen molar-refractivity contribution in [2.24, 2.45) is 0 Å². The van der Waals surface area contributed by atoms with Crippen LogP contribution >= 0.6 is 0 Å². The van der Waals surface area contributed by atoms with Crippen LogP contribution < -0.4 is 4.90 Å². The van der Waals surface area contributed by atoms with E-state index < -0.39 is 12.1 Å². The summed E-state index contributed by atoms with van der Waals surface area (Å²) in [6, 6.07) is 13.3. The molecular weight excluding hydrogens is 368 g/mol. The molecule has 0 saturated carbocycles. The van der Waals surface area contributed by atoms with Crippen molar-refractivity contribution < 1.29 is 14.3 Å². The largest absolute Gasteiger partial charge is 0.356 e. The van der Waals surface area contributed by atoms with Crippen LogP contribution in [0.5, 0.6) is 0 Å². The number of amides is 2. The van der Waals surface area contributed by atoms with Crippen LogP contribution in [0.2, 0.25) is 0 Å². The minimum atomic E-state index is -0.694. The van der Waals surface area contributed by atoms with Crippen LogP contribution in [0.4, 0.5) is 5.82 Å². The maximum absolute atomic E-state index is 13.4. The number of nitrogens with zero attached hydrogens (tertiary/aromatic N) is 4. The zero-order valence-corrected chi connectivity index (χ0v) is 16.8. The first-order chi connectivity index (χ1) is 14.1. The van der Waals surface area contributed by atoms with E-state index in [1.165, 1.54) is 0 Å². The number of carbonyl (C=O) groups is 2. The molecule has 2 amide bonds. The number of aromatic nitrogens is 1. The summed E-state index contributed by atoms with van der Waals surface area (Å²) in [6.07, 6.45) is 1.09. The highest BCUT2D eigenvalue weighted by atomic mass is 16.5. The van der Waals surface area contributed by atoms with Crippen LogP contribution in [0.1, 0.15) is 17.2 Å². The van der Waals surface area contributed by atoms with E-state index in [9.17, 15) is 9.59 Å². The van der Waals surface area contributed by atoms with E-state index in [1.54, 1.807) is 18.1 Å². The van der Waals surface area contributed by atoms with Gasteiger partial charge in [-0.2, -0.15) is 0 Å². The molecule has 0 aliphatic carbocycles. The van der Waals surface area contributed by atoms with Crippen molar-refractivity contribution in [3.63, 3.8) is 0 Å². The molecule has 152 valence electrons. The second-order valence-electron chi connectivity index (χ2n) is 7.54. The summed E-state index contributed by atoms with van der Waals surface area (Å²) < 4.78 is 5.80. The molecule has 2 aliphatic heterocycles. The van der Waals surface area contributed by atoms with Gasteiger partial charge in [0.25, 0.3) is 5.91 Å². The Morgan fingerprint density at radius 3 is 2.48 bits per heavy atom. The van der Waals surface area contributed by atoms with Gasteiger partial charge in [-0.1, -0.05) is 30.3 Å². The lowest BCUT2D eigenvalue weighted by Gasteiger charge is -2.42. The number of piperazine rings is 1. The quantitative estimate of drug-likeness (QED) is 0.792. The molecule has 0 radical (unpaired) electrons. The van der Waals surface area contributed by atoms with Gasteiger partial charge in [0.2, 0.25) is 5.91 Å². The van der Waals surface area contributed by atoms with E-state index in [-0.39, 0.29) is 18.4 Å². The van der Waals surface area contributed by atoms with E-state index in [4.69, 9.17) is 4.74 Å². The van der Waals surface area contributed by atoms with Crippen LogP contribution in [-0.4, -0.2) is 72.5 Å². The molecule has 0 N–H and O–H groups in total. The molecule has 2 saturated heterocycles.